The van der Waals surface area contributed by atoms with Gasteiger partial charge in [-0.3, -0.25) is 4.79 Å². The van der Waals surface area contributed by atoms with Gasteiger partial charge in [0.15, 0.2) is 0 Å². The number of carbonyl (C=O) groups excluding carboxylic acids is 1. The minimum absolute atomic E-state index is 0.0118. The van der Waals surface area contributed by atoms with Gasteiger partial charge in [0.05, 0.1) is 15.6 Å². The Labute approximate surface area is 168 Å². The third-order valence-corrected chi connectivity index (χ3v) is 7.32. The molecule has 1 amide bonds. The van der Waals surface area contributed by atoms with Gasteiger partial charge < -0.3 is 10.0 Å². The quantitative estimate of drug-likeness (QED) is 0.813. The van der Waals surface area contributed by atoms with E-state index in [4.69, 9.17) is 23.2 Å². The van der Waals surface area contributed by atoms with E-state index in [0.29, 0.717) is 0 Å². The van der Waals surface area contributed by atoms with Gasteiger partial charge in [-0.1, -0.05) is 35.3 Å². The lowest BCUT2D eigenvalue weighted by Gasteiger charge is -2.34. The lowest BCUT2D eigenvalue weighted by Crippen LogP contribution is -2.50. The van der Waals surface area contributed by atoms with Crippen molar-refractivity contribution in [3.63, 3.8) is 0 Å². The van der Waals surface area contributed by atoms with Gasteiger partial charge in [0.1, 0.15) is 10.6 Å². The summed E-state index contributed by atoms with van der Waals surface area (Å²) in [5.41, 5.74) is 1.05. The third-order valence-electron chi connectivity index (χ3n) is 4.44. The second-order valence-electron chi connectivity index (χ2n) is 6.27. The van der Waals surface area contributed by atoms with Crippen molar-refractivity contribution in [1.82, 2.24) is 9.21 Å². The van der Waals surface area contributed by atoms with Gasteiger partial charge in [-0.05, 0) is 36.8 Å². The number of halogens is 2. The largest absolute Gasteiger partial charge is 0.507 e. The molecular weight excluding hydrogens is 411 g/mol. The lowest BCUT2D eigenvalue weighted by molar-refractivity contribution is 0.0695. The first kappa shape index (κ1) is 19.9. The zero-order valence-corrected chi connectivity index (χ0v) is 16.9. The molecule has 1 N–H and O–H groups in total. The molecule has 0 atom stereocenters. The van der Waals surface area contributed by atoms with Gasteiger partial charge >= 0.3 is 0 Å². The monoisotopic (exact) mass is 428 g/mol. The number of benzene rings is 2. The van der Waals surface area contributed by atoms with Crippen molar-refractivity contribution in [2.24, 2.45) is 0 Å². The van der Waals surface area contributed by atoms with Gasteiger partial charge in [-0.25, -0.2) is 8.42 Å². The molecule has 0 bridgehead atoms. The van der Waals surface area contributed by atoms with Crippen LogP contribution in [0.2, 0.25) is 10.0 Å². The Hall–Kier alpha value is -1.80. The van der Waals surface area contributed by atoms with Crippen LogP contribution in [0.1, 0.15) is 15.9 Å². The van der Waals surface area contributed by atoms with Crippen LogP contribution in [0.4, 0.5) is 0 Å². The van der Waals surface area contributed by atoms with Crippen molar-refractivity contribution in [2.45, 2.75) is 11.8 Å². The SMILES string of the molecule is Cc1ccc(C(=O)N2CCN(S(=O)(=O)c3cccc(Cl)c3Cl)CC2)c(O)c1. The van der Waals surface area contributed by atoms with Crippen molar-refractivity contribution < 1.29 is 18.3 Å². The fraction of sp³-hybridized carbons (Fsp3) is 0.278. The van der Waals surface area contributed by atoms with Crippen LogP contribution in [-0.4, -0.2) is 54.8 Å². The molecule has 0 aromatic heterocycles. The molecule has 0 unspecified atom stereocenters. The summed E-state index contributed by atoms with van der Waals surface area (Å²) in [6.45, 7) is 2.50. The molecule has 1 saturated heterocycles. The van der Waals surface area contributed by atoms with Crippen LogP contribution in [0.15, 0.2) is 41.3 Å². The van der Waals surface area contributed by atoms with E-state index in [1.54, 1.807) is 12.1 Å². The van der Waals surface area contributed by atoms with Gasteiger partial charge in [0, 0.05) is 26.2 Å². The Morgan fingerprint density at radius 2 is 1.74 bits per heavy atom. The molecule has 1 aliphatic heterocycles. The maximum absolute atomic E-state index is 12.8. The van der Waals surface area contributed by atoms with E-state index in [2.05, 4.69) is 0 Å². The van der Waals surface area contributed by atoms with E-state index in [-0.39, 0.29) is 58.3 Å². The number of sulfonamides is 1. The predicted molar refractivity (Wildman–Crippen MR) is 104 cm³/mol. The maximum Gasteiger partial charge on any atom is 0.257 e. The molecule has 1 fully saturated rings. The average molecular weight is 429 g/mol. The Kier molecular flexibility index (Phi) is 5.67. The molecule has 3 rings (SSSR count). The smallest absolute Gasteiger partial charge is 0.257 e. The fourth-order valence-corrected chi connectivity index (χ4v) is 5.10. The lowest BCUT2D eigenvalue weighted by atomic mass is 10.1. The number of nitrogens with zero attached hydrogens (tertiary/aromatic N) is 2. The van der Waals surface area contributed by atoms with Crippen LogP contribution < -0.4 is 0 Å². The Morgan fingerprint density at radius 3 is 2.37 bits per heavy atom. The summed E-state index contributed by atoms with van der Waals surface area (Å²) in [4.78, 5) is 14.1. The number of carbonyl (C=O) groups is 1. The summed E-state index contributed by atoms with van der Waals surface area (Å²) >= 11 is 12.0. The average Bonchev–Trinajstić information content (AvgIpc) is 2.63. The molecule has 2 aromatic carbocycles. The van der Waals surface area contributed by atoms with Gasteiger partial charge in [-0.15, -0.1) is 0 Å². The normalized spacial score (nSPS) is 15.7. The summed E-state index contributed by atoms with van der Waals surface area (Å²) in [5, 5.41) is 10.2. The molecule has 6 nitrogen and oxygen atoms in total. The minimum Gasteiger partial charge on any atom is -0.507 e. The van der Waals surface area contributed by atoms with E-state index in [1.807, 2.05) is 6.92 Å². The summed E-state index contributed by atoms with van der Waals surface area (Å²) in [7, 11) is -3.81. The first-order chi connectivity index (χ1) is 12.7. The number of aromatic hydroxyl groups is 1. The van der Waals surface area contributed by atoms with Crippen LogP contribution >= 0.6 is 23.2 Å². The molecule has 27 heavy (non-hydrogen) atoms. The Morgan fingerprint density at radius 1 is 1.07 bits per heavy atom. The third kappa shape index (κ3) is 3.91. The minimum atomic E-state index is -3.81. The standard InChI is InChI=1S/C18H18Cl2N2O4S/c1-12-5-6-13(15(23)11-12)18(24)21-7-9-22(10-8-21)27(25,26)16-4-2-3-14(19)17(16)20/h2-6,11,23H,7-10H2,1H3. The van der Waals surface area contributed by atoms with Crippen molar-refractivity contribution in [2.75, 3.05) is 26.2 Å². The van der Waals surface area contributed by atoms with Crippen LogP contribution in [0.5, 0.6) is 5.75 Å². The molecule has 2 aromatic rings. The predicted octanol–water partition coefficient (Wildman–Crippen LogP) is 3.15. The molecule has 0 radical (unpaired) electrons. The van der Waals surface area contributed by atoms with Crippen LogP contribution in [0.3, 0.4) is 0 Å². The van der Waals surface area contributed by atoms with Crippen LogP contribution in [0, 0.1) is 6.92 Å². The number of aryl methyl sites for hydroxylation is 1. The fourth-order valence-electron chi connectivity index (χ4n) is 2.95. The summed E-state index contributed by atoms with van der Waals surface area (Å²) in [6, 6.07) is 9.30. The first-order valence-electron chi connectivity index (χ1n) is 8.25. The van der Waals surface area contributed by atoms with E-state index in [0.717, 1.165) is 5.56 Å². The molecular formula is C18H18Cl2N2O4S. The number of phenolic OH excluding ortho intramolecular Hbond substituents is 1. The number of phenols is 1. The molecule has 0 spiro atoms. The van der Waals surface area contributed by atoms with Gasteiger partial charge in [0.2, 0.25) is 10.0 Å². The van der Waals surface area contributed by atoms with Gasteiger partial charge in [0.25, 0.3) is 5.91 Å². The van der Waals surface area contributed by atoms with Crippen LogP contribution in [-0.2, 0) is 10.0 Å². The van der Waals surface area contributed by atoms with E-state index < -0.39 is 10.0 Å². The van der Waals surface area contributed by atoms with Crippen LogP contribution in [0.25, 0.3) is 0 Å². The number of rotatable bonds is 3. The number of amides is 1. The second kappa shape index (κ2) is 7.67. The number of hydrogen-bond acceptors (Lipinski definition) is 4. The zero-order valence-electron chi connectivity index (χ0n) is 14.5. The molecule has 0 aliphatic carbocycles. The van der Waals surface area contributed by atoms with Gasteiger partial charge in [-0.2, -0.15) is 4.31 Å². The zero-order chi connectivity index (χ0) is 19.8. The summed E-state index contributed by atoms with van der Waals surface area (Å²) in [5.74, 6) is -0.411. The summed E-state index contributed by atoms with van der Waals surface area (Å²) in [6.07, 6.45) is 0. The topological polar surface area (TPSA) is 77.9 Å². The highest BCUT2D eigenvalue weighted by molar-refractivity contribution is 7.89. The molecule has 1 aliphatic rings. The number of hydrogen-bond donors (Lipinski definition) is 1. The highest BCUT2D eigenvalue weighted by Crippen LogP contribution is 2.31. The van der Waals surface area contributed by atoms with E-state index in [1.165, 1.54) is 33.5 Å². The first-order valence-corrected chi connectivity index (χ1v) is 10.4. The Balaban J connectivity index is 1.75. The summed E-state index contributed by atoms with van der Waals surface area (Å²) < 4.78 is 27.0. The van der Waals surface area contributed by atoms with Crippen molar-refractivity contribution in [1.29, 1.82) is 0 Å². The molecule has 144 valence electrons. The molecule has 0 saturated carbocycles. The molecule has 1 heterocycles. The van der Waals surface area contributed by atoms with E-state index >= 15 is 0 Å². The highest BCUT2D eigenvalue weighted by atomic mass is 35.5. The van der Waals surface area contributed by atoms with Crippen molar-refractivity contribution in [3.8, 4) is 5.75 Å². The van der Waals surface area contributed by atoms with Crippen molar-refractivity contribution in [3.05, 3.63) is 57.6 Å². The number of piperazine rings is 1. The van der Waals surface area contributed by atoms with E-state index in [9.17, 15) is 18.3 Å². The maximum atomic E-state index is 12.8. The van der Waals surface area contributed by atoms with Crippen molar-refractivity contribution >= 4 is 39.1 Å². The second-order valence-corrected chi connectivity index (χ2v) is 8.96. The molecule has 9 heteroatoms. The Bertz CT molecular complexity index is 987. The highest BCUT2D eigenvalue weighted by Gasteiger charge is 2.32.